The van der Waals surface area contributed by atoms with E-state index in [1.54, 1.807) is 0 Å². The van der Waals surface area contributed by atoms with Gasteiger partial charge >= 0.3 is 6.09 Å². The van der Waals surface area contributed by atoms with Gasteiger partial charge in [-0.15, -0.1) is 0 Å². The van der Waals surface area contributed by atoms with E-state index in [4.69, 9.17) is 4.74 Å². The molecule has 1 saturated heterocycles. The van der Waals surface area contributed by atoms with E-state index in [9.17, 15) is 4.79 Å². The second-order valence-electron chi connectivity index (χ2n) is 6.18. The van der Waals surface area contributed by atoms with Crippen molar-refractivity contribution in [1.29, 1.82) is 0 Å². The number of amides is 1. The van der Waals surface area contributed by atoms with Gasteiger partial charge in [0.2, 0.25) is 0 Å². The first-order valence-electron chi connectivity index (χ1n) is 6.94. The normalized spacial score (nSPS) is 18.7. The zero-order chi connectivity index (χ0) is 15.6. The fourth-order valence-corrected chi connectivity index (χ4v) is 2.97. The molecule has 0 bridgehead atoms. The number of rotatable bonds is 2. The molecule has 1 atom stereocenters. The van der Waals surface area contributed by atoms with Gasteiger partial charge in [0.1, 0.15) is 5.60 Å². The molecule has 1 aromatic rings. The average Bonchev–Trinajstić information content (AvgIpc) is 2.78. The van der Waals surface area contributed by atoms with E-state index in [1.165, 1.54) is 9.26 Å². The molecule has 4 nitrogen and oxygen atoms in total. The molecule has 0 unspecified atom stereocenters. The Kier molecular flexibility index (Phi) is 5.40. The van der Waals surface area contributed by atoms with Crippen LogP contribution >= 0.6 is 38.5 Å². The largest absolute Gasteiger partial charge is 0.444 e. The van der Waals surface area contributed by atoms with Crippen LogP contribution in [0.2, 0.25) is 0 Å². The summed E-state index contributed by atoms with van der Waals surface area (Å²) in [5.41, 5.74) is 0.722. The fraction of sp³-hybridized carbons (Fsp3) is 0.533. The highest BCUT2D eigenvalue weighted by Crippen LogP contribution is 2.27. The van der Waals surface area contributed by atoms with Crippen LogP contribution in [-0.2, 0) is 4.74 Å². The van der Waals surface area contributed by atoms with Crippen LogP contribution in [-0.4, -0.2) is 30.8 Å². The van der Waals surface area contributed by atoms with Gasteiger partial charge in [-0.25, -0.2) is 4.79 Å². The number of carbonyl (C=O) groups excluding carboxylic acids is 1. The number of hydrogen-bond acceptors (Lipinski definition) is 3. The molecule has 21 heavy (non-hydrogen) atoms. The molecule has 6 heteroatoms. The van der Waals surface area contributed by atoms with Crippen molar-refractivity contribution < 1.29 is 9.53 Å². The molecule has 0 radical (unpaired) electrons. The Bertz CT molecular complexity index is 531. The van der Waals surface area contributed by atoms with Crippen LogP contribution in [0.5, 0.6) is 0 Å². The number of halogens is 2. The number of nitrogens with one attached hydrogen (secondary N) is 1. The average molecular weight is 467 g/mol. The number of carbonyl (C=O) groups is 1. The van der Waals surface area contributed by atoms with E-state index in [2.05, 4.69) is 66.9 Å². The van der Waals surface area contributed by atoms with Gasteiger partial charge in [-0.05, 0) is 83.9 Å². The van der Waals surface area contributed by atoms with Crippen molar-refractivity contribution in [2.75, 3.05) is 18.0 Å². The standard InChI is InChI=1S/C15H20BrIN2O2/c1-15(2,3)21-14(20)18-10-6-7-19(9-10)11-4-5-13(17)12(16)8-11/h4-5,8,10H,6-7,9H2,1-3H3,(H,18,20)/t10-/m0/s1. The molecular weight excluding hydrogens is 447 g/mol. The quantitative estimate of drug-likeness (QED) is 0.665. The Hall–Kier alpha value is -0.500. The van der Waals surface area contributed by atoms with Crippen LogP contribution in [0.25, 0.3) is 0 Å². The minimum Gasteiger partial charge on any atom is -0.444 e. The predicted octanol–water partition coefficient (Wildman–Crippen LogP) is 4.16. The molecule has 1 amide bonds. The van der Waals surface area contributed by atoms with Gasteiger partial charge in [-0.1, -0.05) is 0 Å². The van der Waals surface area contributed by atoms with Gasteiger partial charge in [-0.3, -0.25) is 0 Å². The topological polar surface area (TPSA) is 41.6 Å². The summed E-state index contributed by atoms with van der Waals surface area (Å²) in [5.74, 6) is 0. The Morgan fingerprint density at radius 1 is 1.48 bits per heavy atom. The number of benzene rings is 1. The van der Waals surface area contributed by atoms with Crippen molar-refractivity contribution in [3.63, 3.8) is 0 Å². The fourth-order valence-electron chi connectivity index (χ4n) is 2.27. The van der Waals surface area contributed by atoms with Crippen LogP contribution in [0.4, 0.5) is 10.5 Å². The molecule has 1 heterocycles. The highest BCUT2D eigenvalue weighted by atomic mass is 127. The van der Waals surface area contributed by atoms with E-state index in [0.717, 1.165) is 24.0 Å². The maximum atomic E-state index is 11.8. The van der Waals surface area contributed by atoms with Crippen molar-refractivity contribution in [3.05, 3.63) is 26.2 Å². The second-order valence-corrected chi connectivity index (χ2v) is 8.19. The van der Waals surface area contributed by atoms with Crippen molar-refractivity contribution in [2.45, 2.75) is 38.8 Å². The third kappa shape index (κ3) is 5.02. The molecule has 0 spiro atoms. The van der Waals surface area contributed by atoms with E-state index < -0.39 is 5.60 Å². The van der Waals surface area contributed by atoms with Crippen LogP contribution in [0.15, 0.2) is 22.7 Å². The molecule has 0 aliphatic carbocycles. The van der Waals surface area contributed by atoms with Gasteiger partial charge in [0.05, 0.1) is 6.04 Å². The highest BCUT2D eigenvalue weighted by molar-refractivity contribution is 14.1. The monoisotopic (exact) mass is 466 g/mol. The summed E-state index contributed by atoms with van der Waals surface area (Å²) < 4.78 is 7.59. The van der Waals surface area contributed by atoms with Crippen molar-refractivity contribution in [3.8, 4) is 0 Å². The molecule has 0 aromatic heterocycles. The molecule has 1 aliphatic rings. The Morgan fingerprint density at radius 2 is 2.19 bits per heavy atom. The third-order valence-corrected chi connectivity index (χ3v) is 5.52. The first-order valence-corrected chi connectivity index (χ1v) is 8.81. The first kappa shape index (κ1) is 16.9. The Morgan fingerprint density at radius 3 is 2.81 bits per heavy atom. The van der Waals surface area contributed by atoms with Crippen LogP contribution in [0.1, 0.15) is 27.2 Å². The van der Waals surface area contributed by atoms with E-state index >= 15 is 0 Å². The molecular formula is C15H20BrIN2O2. The number of ether oxygens (including phenoxy) is 1. The lowest BCUT2D eigenvalue weighted by molar-refractivity contribution is 0.0509. The molecule has 1 fully saturated rings. The molecule has 2 rings (SSSR count). The summed E-state index contributed by atoms with van der Waals surface area (Å²) in [6.07, 6.45) is 0.598. The summed E-state index contributed by atoms with van der Waals surface area (Å²) in [5, 5.41) is 2.95. The predicted molar refractivity (Wildman–Crippen MR) is 96.8 cm³/mol. The van der Waals surface area contributed by atoms with Crippen LogP contribution in [0.3, 0.4) is 0 Å². The van der Waals surface area contributed by atoms with E-state index in [-0.39, 0.29) is 12.1 Å². The maximum Gasteiger partial charge on any atom is 0.407 e. The maximum absolute atomic E-state index is 11.8. The van der Waals surface area contributed by atoms with Crippen LogP contribution in [0, 0.1) is 3.57 Å². The highest BCUT2D eigenvalue weighted by Gasteiger charge is 2.26. The lowest BCUT2D eigenvalue weighted by Crippen LogP contribution is -2.40. The van der Waals surface area contributed by atoms with Gasteiger partial charge in [0.25, 0.3) is 0 Å². The van der Waals surface area contributed by atoms with Gasteiger partial charge in [0, 0.05) is 26.8 Å². The molecule has 1 aliphatic heterocycles. The van der Waals surface area contributed by atoms with Crippen LogP contribution < -0.4 is 10.2 Å². The summed E-state index contributed by atoms with van der Waals surface area (Å²) in [4.78, 5) is 14.1. The lowest BCUT2D eigenvalue weighted by atomic mass is 10.2. The van der Waals surface area contributed by atoms with E-state index in [0.29, 0.717) is 0 Å². The minimum absolute atomic E-state index is 0.137. The lowest BCUT2D eigenvalue weighted by Gasteiger charge is -2.22. The van der Waals surface area contributed by atoms with E-state index in [1.807, 2.05) is 20.8 Å². The summed E-state index contributed by atoms with van der Waals surface area (Å²) >= 11 is 5.86. The minimum atomic E-state index is -0.455. The van der Waals surface area contributed by atoms with Gasteiger partial charge in [0.15, 0.2) is 0 Å². The summed E-state index contributed by atoms with van der Waals surface area (Å²) in [7, 11) is 0. The molecule has 1 N–H and O–H groups in total. The molecule has 116 valence electrons. The summed E-state index contributed by atoms with van der Waals surface area (Å²) in [6.45, 7) is 7.36. The number of hydrogen-bond donors (Lipinski definition) is 1. The molecule has 1 aromatic carbocycles. The Balaban J connectivity index is 1.91. The Labute approximate surface area is 147 Å². The van der Waals surface area contributed by atoms with Crippen molar-refractivity contribution in [1.82, 2.24) is 5.32 Å². The molecule has 0 saturated carbocycles. The zero-order valence-electron chi connectivity index (χ0n) is 12.5. The van der Waals surface area contributed by atoms with Crippen molar-refractivity contribution in [2.24, 2.45) is 0 Å². The van der Waals surface area contributed by atoms with Gasteiger partial charge in [-0.2, -0.15) is 0 Å². The van der Waals surface area contributed by atoms with Crippen molar-refractivity contribution >= 4 is 50.3 Å². The van der Waals surface area contributed by atoms with Gasteiger partial charge < -0.3 is 15.0 Å². The zero-order valence-corrected chi connectivity index (χ0v) is 16.2. The first-order chi connectivity index (χ1) is 9.74. The SMILES string of the molecule is CC(C)(C)OC(=O)N[C@H]1CCN(c2ccc(I)c(Br)c2)C1. The smallest absolute Gasteiger partial charge is 0.407 e. The summed E-state index contributed by atoms with van der Waals surface area (Å²) in [6, 6.07) is 6.46. The third-order valence-electron chi connectivity index (χ3n) is 3.18. The second kappa shape index (κ2) is 6.73. The number of alkyl carbamates (subject to hydrolysis) is 1. The number of nitrogens with zero attached hydrogens (tertiary/aromatic N) is 1. The number of anilines is 1.